The van der Waals surface area contributed by atoms with E-state index in [1.54, 1.807) is 16.0 Å². The first kappa shape index (κ1) is 14.0. The number of aromatic nitrogens is 2. The molecule has 5 heteroatoms. The van der Waals surface area contributed by atoms with Gasteiger partial charge in [0.25, 0.3) is 5.91 Å². The lowest BCUT2D eigenvalue weighted by Crippen LogP contribution is -2.31. The quantitative estimate of drug-likeness (QED) is 0.714. The van der Waals surface area contributed by atoms with Crippen molar-refractivity contribution in [2.45, 2.75) is 18.3 Å². The van der Waals surface area contributed by atoms with Crippen LogP contribution in [0.1, 0.15) is 28.8 Å². The summed E-state index contributed by atoms with van der Waals surface area (Å²) in [5.74, 6) is 0.0581. The molecule has 2 aromatic heterocycles. The van der Waals surface area contributed by atoms with Crippen molar-refractivity contribution in [3.05, 3.63) is 59.1 Å². The molecule has 24 heavy (non-hydrogen) atoms. The molecule has 1 saturated carbocycles. The number of aryl methyl sites for hydroxylation is 1. The number of benzene rings is 1. The first-order valence-electron chi connectivity index (χ1n) is 8.17. The fraction of sp³-hybridized carbons (Fsp3) is 0.263. The Balaban J connectivity index is 1.59. The van der Waals surface area contributed by atoms with Crippen molar-refractivity contribution in [2.24, 2.45) is 7.05 Å². The molecule has 3 heterocycles. The lowest BCUT2D eigenvalue weighted by Gasteiger charge is -2.17. The van der Waals surface area contributed by atoms with Crippen molar-refractivity contribution in [3.63, 3.8) is 0 Å². The third-order valence-electron chi connectivity index (χ3n) is 5.14. The Kier molecular flexibility index (Phi) is 2.80. The molecule has 1 fully saturated rings. The molecule has 0 N–H and O–H groups in total. The molecule has 0 radical (unpaired) electrons. The van der Waals surface area contributed by atoms with Crippen LogP contribution in [-0.2, 0) is 12.5 Å². The van der Waals surface area contributed by atoms with Gasteiger partial charge in [0.05, 0.1) is 10.4 Å². The van der Waals surface area contributed by atoms with Gasteiger partial charge in [0.1, 0.15) is 5.69 Å². The predicted octanol–water partition coefficient (Wildman–Crippen LogP) is 3.84. The first-order chi connectivity index (χ1) is 11.7. The minimum Gasteiger partial charge on any atom is -0.307 e. The lowest BCUT2D eigenvalue weighted by atomic mass is 9.99. The number of amides is 1. The number of hydrogen-bond donors (Lipinski definition) is 0. The van der Waals surface area contributed by atoms with Crippen molar-refractivity contribution in [1.29, 1.82) is 0 Å². The number of hydrogen-bond acceptors (Lipinski definition) is 3. The van der Waals surface area contributed by atoms with Crippen LogP contribution in [0.2, 0.25) is 0 Å². The fourth-order valence-electron chi connectivity index (χ4n) is 3.78. The lowest BCUT2D eigenvalue weighted by molar-refractivity contribution is 0.0988. The average Bonchev–Trinajstić information content (AvgIpc) is 2.94. The highest BCUT2D eigenvalue weighted by Gasteiger charge is 2.53. The first-order valence-corrected chi connectivity index (χ1v) is 9.05. The van der Waals surface area contributed by atoms with Gasteiger partial charge in [-0.15, -0.1) is 11.3 Å². The topological polar surface area (TPSA) is 38.1 Å². The molecule has 4 nitrogen and oxygen atoms in total. The van der Waals surface area contributed by atoms with E-state index in [0.717, 1.165) is 22.8 Å². The Hall–Kier alpha value is -2.40. The van der Waals surface area contributed by atoms with Gasteiger partial charge < -0.3 is 4.90 Å². The van der Waals surface area contributed by atoms with Crippen LogP contribution in [0.25, 0.3) is 10.6 Å². The molecule has 0 unspecified atom stereocenters. The average molecular weight is 335 g/mol. The zero-order chi connectivity index (χ0) is 16.3. The number of carbonyl (C=O) groups excluding carboxylic acids is 1. The van der Waals surface area contributed by atoms with Crippen LogP contribution in [0.4, 0.5) is 5.69 Å². The van der Waals surface area contributed by atoms with Gasteiger partial charge in [0, 0.05) is 30.9 Å². The van der Waals surface area contributed by atoms with Crippen molar-refractivity contribution >= 4 is 22.9 Å². The molecule has 3 aromatic rings. The Morgan fingerprint density at radius 1 is 1.21 bits per heavy atom. The van der Waals surface area contributed by atoms with Crippen LogP contribution in [0.15, 0.2) is 48.0 Å². The van der Waals surface area contributed by atoms with E-state index >= 15 is 0 Å². The molecular formula is C19H17N3OS. The smallest absolute Gasteiger partial charge is 0.262 e. The van der Waals surface area contributed by atoms with E-state index in [1.165, 1.54) is 18.4 Å². The number of fused-ring (bicyclic) bond motifs is 2. The minimum atomic E-state index is 0.0581. The van der Waals surface area contributed by atoms with Crippen LogP contribution in [-0.4, -0.2) is 22.2 Å². The molecular weight excluding hydrogens is 318 g/mol. The number of rotatable bonds is 2. The molecule has 0 atom stereocenters. The van der Waals surface area contributed by atoms with Gasteiger partial charge in [-0.3, -0.25) is 9.48 Å². The van der Waals surface area contributed by atoms with Gasteiger partial charge in [-0.05, 0) is 35.9 Å². The summed E-state index contributed by atoms with van der Waals surface area (Å²) in [5, 5.41) is 6.55. The molecule has 5 rings (SSSR count). The van der Waals surface area contributed by atoms with E-state index in [1.807, 2.05) is 41.7 Å². The fourth-order valence-corrected chi connectivity index (χ4v) is 4.50. The van der Waals surface area contributed by atoms with Crippen molar-refractivity contribution in [1.82, 2.24) is 9.78 Å². The van der Waals surface area contributed by atoms with Gasteiger partial charge in [-0.25, -0.2) is 0 Å². The minimum absolute atomic E-state index is 0.0581. The SMILES string of the molecule is Cn1cc(C(=O)N2CC3(CC3)c3ccccc32)c(-c2cccs2)n1. The van der Waals surface area contributed by atoms with Gasteiger partial charge in [0.2, 0.25) is 0 Å². The summed E-state index contributed by atoms with van der Waals surface area (Å²) in [5.41, 5.74) is 4.08. The Labute approximate surface area is 144 Å². The summed E-state index contributed by atoms with van der Waals surface area (Å²) in [4.78, 5) is 16.3. The molecule has 1 aliphatic heterocycles. The molecule has 2 aliphatic rings. The molecule has 1 amide bonds. The third kappa shape index (κ3) is 1.91. The van der Waals surface area contributed by atoms with E-state index in [-0.39, 0.29) is 11.3 Å². The highest BCUT2D eigenvalue weighted by Crippen LogP contribution is 2.56. The third-order valence-corrected chi connectivity index (χ3v) is 6.02. The van der Waals surface area contributed by atoms with Crippen LogP contribution < -0.4 is 4.90 Å². The summed E-state index contributed by atoms with van der Waals surface area (Å²) in [6, 6.07) is 12.4. The molecule has 120 valence electrons. The molecule has 1 aromatic carbocycles. The number of nitrogens with zero attached hydrogens (tertiary/aromatic N) is 3. The maximum atomic E-state index is 13.3. The summed E-state index contributed by atoms with van der Waals surface area (Å²) >= 11 is 1.61. The summed E-state index contributed by atoms with van der Waals surface area (Å²) in [7, 11) is 1.87. The highest BCUT2D eigenvalue weighted by molar-refractivity contribution is 7.13. The van der Waals surface area contributed by atoms with Crippen LogP contribution in [0, 0.1) is 0 Å². The number of para-hydroxylation sites is 1. The van der Waals surface area contributed by atoms with Crippen LogP contribution in [0.3, 0.4) is 0 Å². The van der Waals surface area contributed by atoms with E-state index < -0.39 is 0 Å². The maximum absolute atomic E-state index is 13.3. The molecule has 0 bridgehead atoms. The molecule has 0 saturated heterocycles. The second-order valence-corrected chi connectivity index (χ2v) is 7.68. The second kappa shape index (κ2) is 4.80. The zero-order valence-corrected chi connectivity index (χ0v) is 14.2. The summed E-state index contributed by atoms with van der Waals surface area (Å²) in [6.45, 7) is 0.796. The summed E-state index contributed by atoms with van der Waals surface area (Å²) in [6.07, 6.45) is 4.20. The second-order valence-electron chi connectivity index (χ2n) is 6.73. The monoisotopic (exact) mass is 335 g/mol. The van der Waals surface area contributed by atoms with Crippen molar-refractivity contribution < 1.29 is 4.79 Å². The maximum Gasteiger partial charge on any atom is 0.262 e. The van der Waals surface area contributed by atoms with E-state index in [0.29, 0.717) is 5.56 Å². The zero-order valence-electron chi connectivity index (χ0n) is 13.4. The van der Waals surface area contributed by atoms with Gasteiger partial charge >= 0.3 is 0 Å². The Bertz CT molecular complexity index is 937. The molecule has 1 spiro atoms. The highest BCUT2D eigenvalue weighted by atomic mass is 32.1. The summed E-state index contributed by atoms with van der Waals surface area (Å²) < 4.78 is 1.73. The van der Waals surface area contributed by atoms with E-state index in [2.05, 4.69) is 23.3 Å². The number of anilines is 1. The van der Waals surface area contributed by atoms with Crippen molar-refractivity contribution in [2.75, 3.05) is 11.4 Å². The number of carbonyl (C=O) groups is 1. The Morgan fingerprint density at radius 3 is 2.79 bits per heavy atom. The predicted molar refractivity (Wildman–Crippen MR) is 95.6 cm³/mol. The van der Waals surface area contributed by atoms with Crippen LogP contribution >= 0.6 is 11.3 Å². The van der Waals surface area contributed by atoms with Gasteiger partial charge in [0.15, 0.2) is 0 Å². The molecule has 1 aliphatic carbocycles. The Morgan fingerprint density at radius 2 is 2.04 bits per heavy atom. The van der Waals surface area contributed by atoms with E-state index in [9.17, 15) is 4.79 Å². The van der Waals surface area contributed by atoms with Crippen molar-refractivity contribution in [3.8, 4) is 10.6 Å². The standard InChI is InChI=1S/C19H17N3OS/c1-21-11-13(17(20-21)16-7-4-10-24-16)18(23)22-12-19(8-9-19)14-5-2-3-6-15(14)22/h2-7,10-11H,8-9,12H2,1H3. The number of thiophene rings is 1. The van der Waals surface area contributed by atoms with Gasteiger partial charge in [-0.1, -0.05) is 24.3 Å². The largest absolute Gasteiger partial charge is 0.307 e. The van der Waals surface area contributed by atoms with Crippen LogP contribution in [0.5, 0.6) is 0 Å². The normalized spacial score (nSPS) is 17.3. The van der Waals surface area contributed by atoms with E-state index in [4.69, 9.17) is 0 Å². The van der Waals surface area contributed by atoms with Gasteiger partial charge in [-0.2, -0.15) is 5.10 Å².